The predicted octanol–water partition coefficient (Wildman–Crippen LogP) is 6.05. The first kappa shape index (κ1) is 35.9. The van der Waals surface area contributed by atoms with Crippen molar-refractivity contribution >= 4 is 24.1 Å². The third kappa shape index (κ3) is 14.4. The van der Waals surface area contributed by atoms with Crippen LogP contribution >= 0.6 is 0 Å². The van der Waals surface area contributed by atoms with E-state index in [0.29, 0.717) is 30.7 Å². The SMILES string of the molecule is CCCCCC(=O)Oc1ccc(CC(N)(C[C@H](C)OC(=O)OCCC(C)C)C(=O)OC)cc1OC(=O)CCCCC. The molecule has 0 aliphatic heterocycles. The second-order valence-electron chi connectivity index (χ2n) is 10.9. The zero-order valence-electron chi connectivity index (χ0n) is 25.6. The summed E-state index contributed by atoms with van der Waals surface area (Å²) in [6.45, 7) is 9.94. The van der Waals surface area contributed by atoms with E-state index in [1.54, 1.807) is 13.0 Å². The maximum absolute atomic E-state index is 12.8. The van der Waals surface area contributed by atoms with Crippen molar-refractivity contribution < 1.29 is 42.9 Å². The van der Waals surface area contributed by atoms with Crippen molar-refractivity contribution in [3.8, 4) is 11.5 Å². The third-order valence-corrected chi connectivity index (χ3v) is 6.40. The van der Waals surface area contributed by atoms with Crippen molar-refractivity contribution in [2.24, 2.45) is 11.7 Å². The number of esters is 3. The molecule has 2 atom stereocenters. The number of methoxy groups -OCH3 is 1. The second kappa shape index (κ2) is 19.1. The number of nitrogens with two attached hydrogens (primary N) is 1. The van der Waals surface area contributed by atoms with Gasteiger partial charge in [0.25, 0.3) is 0 Å². The van der Waals surface area contributed by atoms with Gasteiger partial charge in [-0.3, -0.25) is 14.4 Å². The lowest BCUT2D eigenvalue weighted by atomic mass is 9.86. The van der Waals surface area contributed by atoms with Crippen molar-refractivity contribution in [1.29, 1.82) is 0 Å². The van der Waals surface area contributed by atoms with Crippen molar-refractivity contribution in [1.82, 2.24) is 0 Å². The average molecular weight is 580 g/mol. The second-order valence-corrected chi connectivity index (χ2v) is 10.9. The number of carbonyl (C=O) groups excluding carboxylic acids is 4. The Morgan fingerprint density at radius 2 is 1.46 bits per heavy atom. The Balaban J connectivity index is 3.11. The highest BCUT2D eigenvalue weighted by Crippen LogP contribution is 2.32. The van der Waals surface area contributed by atoms with Crippen LogP contribution in [0.4, 0.5) is 4.79 Å². The van der Waals surface area contributed by atoms with Crippen LogP contribution in [0.25, 0.3) is 0 Å². The van der Waals surface area contributed by atoms with Gasteiger partial charge < -0.3 is 29.4 Å². The Labute approximate surface area is 244 Å². The van der Waals surface area contributed by atoms with E-state index in [4.69, 9.17) is 29.4 Å². The molecule has 0 aromatic heterocycles. The van der Waals surface area contributed by atoms with Crippen LogP contribution in [0.1, 0.15) is 104 Å². The summed E-state index contributed by atoms with van der Waals surface area (Å²) in [6, 6.07) is 4.69. The lowest BCUT2D eigenvalue weighted by Crippen LogP contribution is -2.53. The highest BCUT2D eigenvalue weighted by molar-refractivity contribution is 5.81. The fourth-order valence-electron chi connectivity index (χ4n) is 4.14. The highest BCUT2D eigenvalue weighted by atomic mass is 16.7. The fourth-order valence-corrected chi connectivity index (χ4v) is 4.14. The Morgan fingerprint density at radius 3 is 2.00 bits per heavy atom. The number of hydrogen-bond donors (Lipinski definition) is 1. The molecule has 0 aliphatic rings. The lowest BCUT2D eigenvalue weighted by molar-refractivity contribution is -0.148. The first-order valence-corrected chi connectivity index (χ1v) is 14.7. The van der Waals surface area contributed by atoms with Crippen LogP contribution < -0.4 is 15.2 Å². The van der Waals surface area contributed by atoms with Gasteiger partial charge in [-0.2, -0.15) is 0 Å². The zero-order chi connectivity index (χ0) is 30.8. The summed E-state index contributed by atoms with van der Waals surface area (Å²) in [5, 5.41) is 0. The summed E-state index contributed by atoms with van der Waals surface area (Å²) in [6.07, 6.45) is 4.54. The number of carbonyl (C=O) groups is 4. The maximum atomic E-state index is 12.8. The molecule has 2 N–H and O–H groups in total. The summed E-state index contributed by atoms with van der Waals surface area (Å²) in [4.78, 5) is 49.8. The maximum Gasteiger partial charge on any atom is 0.508 e. The first-order chi connectivity index (χ1) is 19.4. The van der Waals surface area contributed by atoms with E-state index in [2.05, 4.69) is 0 Å². The van der Waals surface area contributed by atoms with Gasteiger partial charge in [0.2, 0.25) is 0 Å². The minimum atomic E-state index is -1.58. The molecule has 0 fully saturated rings. The van der Waals surface area contributed by atoms with E-state index in [-0.39, 0.29) is 43.8 Å². The lowest BCUT2D eigenvalue weighted by Gasteiger charge is -2.29. The van der Waals surface area contributed by atoms with Crippen molar-refractivity contribution in [3.05, 3.63) is 23.8 Å². The Bertz CT molecular complexity index is 978. The third-order valence-electron chi connectivity index (χ3n) is 6.40. The molecule has 1 aromatic carbocycles. The molecule has 1 unspecified atom stereocenters. The quantitative estimate of drug-likeness (QED) is 0.117. The number of rotatable bonds is 19. The van der Waals surface area contributed by atoms with Crippen LogP contribution in [0.2, 0.25) is 0 Å². The van der Waals surface area contributed by atoms with Crippen LogP contribution in [0.5, 0.6) is 11.5 Å². The molecule has 0 aliphatic carbocycles. The van der Waals surface area contributed by atoms with E-state index in [1.165, 1.54) is 19.2 Å². The summed E-state index contributed by atoms with van der Waals surface area (Å²) in [5.74, 6) is -1.04. The van der Waals surface area contributed by atoms with Gasteiger partial charge in [0.05, 0.1) is 13.7 Å². The first-order valence-electron chi connectivity index (χ1n) is 14.7. The smallest absolute Gasteiger partial charge is 0.468 e. The van der Waals surface area contributed by atoms with Gasteiger partial charge in [0.1, 0.15) is 11.6 Å². The van der Waals surface area contributed by atoms with Crippen molar-refractivity contribution in [2.75, 3.05) is 13.7 Å². The standard InChI is InChI=1S/C31H49NO9/c1-7-9-11-13-27(33)40-25-16-15-24(19-26(25)41-28(34)14-12-10-8-2)21-31(32,29(35)37-6)20-23(5)39-30(36)38-18-17-22(3)4/h15-16,19,22-23H,7-14,17-18,20-21,32H2,1-6H3/t23-,31?/m0/s1. The van der Waals surface area contributed by atoms with Gasteiger partial charge in [0, 0.05) is 25.7 Å². The monoisotopic (exact) mass is 579 g/mol. The molecule has 10 heteroatoms. The summed E-state index contributed by atoms with van der Waals surface area (Å²) in [7, 11) is 1.22. The number of benzene rings is 1. The number of hydrogen-bond acceptors (Lipinski definition) is 10. The van der Waals surface area contributed by atoms with Gasteiger partial charge in [-0.05, 0) is 49.8 Å². The molecule has 0 saturated carbocycles. The summed E-state index contributed by atoms with van der Waals surface area (Å²) >= 11 is 0. The summed E-state index contributed by atoms with van der Waals surface area (Å²) < 4.78 is 26.5. The summed E-state index contributed by atoms with van der Waals surface area (Å²) in [5.41, 5.74) is 5.48. The van der Waals surface area contributed by atoms with Gasteiger partial charge in [-0.15, -0.1) is 0 Å². The van der Waals surface area contributed by atoms with E-state index in [9.17, 15) is 19.2 Å². The zero-order valence-corrected chi connectivity index (χ0v) is 25.6. The van der Waals surface area contributed by atoms with Gasteiger partial charge in [-0.25, -0.2) is 4.79 Å². The van der Waals surface area contributed by atoms with E-state index < -0.39 is 35.7 Å². The van der Waals surface area contributed by atoms with E-state index >= 15 is 0 Å². The molecule has 1 aromatic rings. The normalized spacial score (nSPS) is 13.2. The average Bonchev–Trinajstić information content (AvgIpc) is 2.89. The molecule has 0 heterocycles. The minimum absolute atomic E-state index is 0.0269. The Morgan fingerprint density at radius 1 is 0.878 bits per heavy atom. The molecule has 0 amide bonds. The number of ether oxygens (including phenoxy) is 5. The van der Waals surface area contributed by atoms with Gasteiger partial charge >= 0.3 is 24.1 Å². The minimum Gasteiger partial charge on any atom is -0.468 e. The van der Waals surface area contributed by atoms with Crippen molar-refractivity contribution in [2.45, 2.75) is 117 Å². The molecular weight excluding hydrogens is 530 g/mol. The van der Waals surface area contributed by atoms with Gasteiger partial charge in [0.15, 0.2) is 11.5 Å². The van der Waals surface area contributed by atoms with E-state index in [0.717, 1.165) is 25.7 Å². The van der Waals surface area contributed by atoms with Crippen LogP contribution in [0.15, 0.2) is 18.2 Å². The topological polar surface area (TPSA) is 140 Å². The molecular formula is C31H49NO9. The molecule has 0 bridgehead atoms. The largest absolute Gasteiger partial charge is 0.508 e. The fraction of sp³-hybridized carbons (Fsp3) is 0.677. The molecule has 0 radical (unpaired) electrons. The van der Waals surface area contributed by atoms with E-state index in [1.807, 2.05) is 27.7 Å². The van der Waals surface area contributed by atoms with Gasteiger partial charge in [-0.1, -0.05) is 59.4 Å². The van der Waals surface area contributed by atoms with Crippen LogP contribution in [-0.4, -0.2) is 49.4 Å². The molecule has 10 nitrogen and oxygen atoms in total. The molecule has 41 heavy (non-hydrogen) atoms. The Kier molecular flexibility index (Phi) is 16.7. The highest BCUT2D eigenvalue weighted by Gasteiger charge is 2.38. The Hall–Kier alpha value is -3.14. The van der Waals surface area contributed by atoms with Crippen LogP contribution in [0.3, 0.4) is 0 Å². The van der Waals surface area contributed by atoms with Crippen LogP contribution in [-0.2, 0) is 35.0 Å². The molecule has 232 valence electrons. The molecule has 1 rings (SSSR count). The molecule has 0 spiro atoms. The van der Waals surface area contributed by atoms with Crippen LogP contribution in [0, 0.1) is 5.92 Å². The number of unbranched alkanes of at least 4 members (excludes halogenated alkanes) is 4. The predicted molar refractivity (Wildman–Crippen MR) is 155 cm³/mol. The van der Waals surface area contributed by atoms with Crippen molar-refractivity contribution in [3.63, 3.8) is 0 Å². The molecule has 0 saturated heterocycles.